The summed E-state index contributed by atoms with van der Waals surface area (Å²) >= 11 is 0. The van der Waals surface area contributed by atoms with Crippen LogP contribution in [0.3, 0.4) is 0 Å². The maximum atomic E-state index is 12.8. The summed E-state index contributed by atoms with van der Waals surface area (Å²) in [5.74, 6) is -0.0264. The van der Waals surface area contributed by atoms with E-state index < -0.39 is 24.4 Å². The topological polar surface area (TPSA) is 86.8 Å². The number of benzene rings is 2. The fourth-order valence-corrected chi connectivity index (χ4v) is 4.83. The van der Waals surface area contributed by atoms with Gasteiger partial charge < -0.3 is 19.4 Å². The molecule has 194 valence electrons. The highest BCUT2D eigenvalue weighted by Crippen LogP contribution is 2.44. The van der Waals surface area contributed by atoms with Gasteiger partial charge in [0.05, 0.1) is 16.9 Å². The number of hydrogen-bond donors (Lipinski definition) is 1. The fraction of sp³-hybridized carbons (Fsp3) is 0.300. The maximum absolute atomic E-state index is 12.8. The van der Waals surface area contributed by atoms with E-state index in [4.69, 9.17) is 14.0 Å². The van der Waals surface area contributed by atoms with Crippen molar-refractivity contribution >= 4 is 25.6 Å². The van der Waals surface area contributed by atoms with Gasteiger partial charge in [0.15, 0.2) is 0 Å². The molecule has 8 heteroatoms. The van der Waals surface area contributed by atoms with Gasteiger partial charge in [-0.2, -0.15) is 0 Å². The number of fused-ring (bicyclic) bond motifs is 3. The highest BCUT2D eigenvalue weighted by molar-refractivity contribution is 6.56. The Morgan fingerprint density at radius 2 is 1.61 bits per heavy atom. The molecule has 0 bridgehead atoms. The highest BCUT2D eigenvalue weighted by Gasteiger charge is 2.52. The largest absolute Gasteiger partial charge is 0.492 e. The smallest absolute Gasteiger partial charge is 0.449 e. The Balaban J connectivity index is 1.30. The first kappa shape index (κ1) is 25.9. The van der Waals surface area contributed by atoms with E-state index >= 15 is 0 Å². The summed E-state index contributed by atoms with van der Waals surface area (Å²) in [6.07, 6.45) is 3.57. The molecule has 1 aliphatic carbocycles. The predicted octanol–water partition coefficient (Wildman–Crippen LogP) is 5.45. The second-order valence-electron chi connectivity index (χ2n) is 10.6. The molecule has 2 heterocycles. The van der Waals surface area contributed by atoms with Crippen molar-refractivity contribution in [3.63, 3.8) is 0 Å². The third kappa shape index (κ3) is 5.02. The number of ether oxygens (including phenoxy) is 1. The van der Waals surface area contributed by atoms with Crippen LogP contribution >= 0.6 is 0 Å². The van der Waals surface area contributed by atoms with E-state index in [-0.39, 0.29) is 19.1 Å². The molecule has 0 atom stereocenters. The molecule has 1 aliphatic heterocycles. The van der Waals surface area contributed by atoms with Gasteiger partial charge in [-0.05, 0) is 73.6 Å². The van der Waals surface area contributed by atoms with E-state index in [9.17, 15) is 9.59 Å². The van der Waals surface area contributed by atoms with Gasteiger partial charge in [0, 0.05) is 24.2 Å². The molecule has 5 rings (SSSR count). The van der Waals surface area contributed by atoms with Crippen LogP contribution in [0.15, 0.2) is 72.3 Å². The van der Waals surface area contributed by atoms with Gasteiger partial charge in [-0.3, -0.25) is 9.78 Å². The van der Waals surface area contributed by atoms with Crippen LogP contribution in [0.25, 0.3) is 17.2 Å². The minimum absolute atomic E-state index is 0.0264. The van der Waals surface area contributed by atoms with E-state index in [1.54, 1.807) is 24.4 Å². The highest BCUT2D eigenvalue weighted by atomic mass is 16.7. The van der Waals surface area contributed by atoms with Gasteiger partial charge in [0.25, 0.3) is 0 Å². The van der Waals surface area contributed by atoms with E-state index in [0.717, 1.165) is 17.4 Å². The summed E-state index contributed by atoms with van der Waals surface area (Å²) in [6, 6.07) is 19.7. The number of alkyl carbamates (subject to hydrolysis) is 1. The fourth-order valence-electron chi connectivity index (χ4n) is 4.83. The third-order valence-corrected chi connectivity index (χ3v) is 7.61. The van der Waals surface area contributed by atoms with Crippen molar-refractivity contribution < 1.29 is 23.6 Å². The minimum Gasteiger partial charge on any atom is -0.449 e. The van der Waals surface area contributed by atoms with Crippen LogP contribution in [0, 0.1) is 0 Å². The molecule has 0 unspecified atom stereocenters. The number of hydrogen-bond acceptors (Lipinski definition) is 6. The molecule has 1 saturated heterocycles. The van der Waals surface area contributed by atoms with Crippen molar-refractivity contribution in [2.75, 3.05) is 13.2 Å². The number of carbonyl (C=O) groups is 2. The number of rotatable bonds is 7. The van der Waals surface area contributed by atoms with Gasteiger partial charge in [-0.25, -0.2) is 4.79 Å². The van der Waals surface area contributed by atoms with Crippen LogP contribution in [0.1, 0.15) is 60.8 Å². The van der Waals surface area contributed by atoms with Crippen LogP contribution in [-0.4, -0.2) is 48.8 Å². The molecule has 2 aromatic carbocycles. The summed E-state index contributed by atoms with van der Waals surface area (Å²) in [5.41, 5.74) is 5.27. The lowest BCUT2D eigenvalue weighted by Crippen LogP contribution is -2.41. The first-order valence-electron chi connectivity index (χ1n) is 12.7. The van der Waals surface area contributed by atoms with Crippen molar-refractivity contribution in [1.29, 1.82) is 0 Å². The summed E-state index contributed by atoms with van der Waals surface area (Å²) < 4.78 is 18.2. The molecule has 3 aromatic rings. The third-order valence-electron chi connectivity index (χ3n) is 7.61. The van der Waals surface area contributed by atoms with Crippen molar-refractivity contribution in [2.24, 2.45) is 0 Å². The number of aldehydes is 1. The van der Waals surface area contributed by atoms with Crippen molar-refractivity contribution in [2.45, 2.75) is 44.8 Å². The SMILES string of the molecule is CC1(C)OB(C(=Cc2cc(C=O)ccn2)CNC(=O)OCC2c3ccccc3-c3ccccc32)OC1(C)C. The Hall–Kier alpha value is -3.75. The second-order valence-corrected chi connectivity index (χ2v) is 10.6. The molecule has 0 saturated carbocycles. The van der Waals surface area contributed by atoms with E-state index in [0.29, 0.717) is 16.7 Å². The number of nitrogens with one attached hydrogen (secondary N) is 1. The summed E-state index contributed by atoms with van der Waals surface area (Å²) in [6.45, 7) is 8.21. The number of amides is 1. The molecule has 1 amide bonds. The molecule has 0 spiro atoms. The van der Waals surface area contributed by atoms with Gasteiger partial charge in [-0.1, -0.05) is 48.5 Å². The zero-order chi connectivity index (χ0) is 26.9. The van der Waals surface area contributed by atoms with Crippen molar-refractivity contribution in [1.82, 2.24) is 10.3 Å². The van der Waals surface area contributed by atoms with Crippen LogP contribution < -0.4 is 5.32 Å². The van der Waals surface area contributed by atoms with Crippen LogP contribution in [0.5, 0.6) is 0 Å². The molecule has 1 aromatic heterocycles. The monoisotopic (exact) mass is 510 g/mol. The lowest BCUT2D eigenvalue weighted by Gasteiger charge is -2.32. The zero-order valence-electron chi connectivity index (χ0n) is 22.1. The van der Waals surface area contributed by atoms with E-state index in [1.165, 1.54) is 11.1 Å². The van der Waals surface area contributed by atoms with Crippen LogP contribution in [-0.2, 0) is 14.0 Å². The molecule has 0 radical (unpaired) electrons. The summed E-state index contributed by atoms with van der Waals surface area (Å²) in [5, 5.41) is 2.85. The second kappa shape index (κ2) is 10.2. The van der Waals surface area contributed by atoms with Crippen LogP contribution in [0.2, 0.25) is 0 Å². The standard InChI is InChI=1S/C30H31BN2O5/c1-29(2)30(3,4)38-31(37-29)21(16-22-15-20(18-34)13-14-32-22)17-33-28(35)36-19-27-25-11-7-5-9-23(25)24-10-6-8-12-26(24)27/h5-16,18,27H,17,19H2,1-4H3,(H,33,35). The molecule has 2 aliphatic rings. The molecule has 1 fully saturated rings. The van der Waals surface area contributed by atoms with Gasteiger partial charge in [0.1, 0.15) is 12.9 Å². The molecular formula is C30H31BN2O5. The summed E-state index contributed by atoms with van der Waals surface area (Å²) in [4.78, 5) is 28.4. The van der Waals surface area contributed by atoms with Gasteiger partial charge >= 0.3 is 13.2 Å². The first-order chi connectivity index (χ1) is 18.2. The Kier molecular flexibility index (Phi) is 6.94. The molecule has 38 heavy (non-hydrogen) atoms. The minimum atomic E-state index is -0.699. The lowest BCUT2D eigenvalue weighted by atomic mass is 9.77. The number of nitrogens with zero attached hydrogens (tertiary/aromatic N) is 1. The van der Waals surface area contributed by atoms with Crippen molar-refractivity contribution in [3.8, 4) is 11.1 Å². The van der Waals surface area contributed by atoms with Gasteiger partial charge in [0.2, 0.25) is 0 Å². The lowest BCUT2D eigenvalue weighted by molar-refractivity contribution is 0.00578. The quantitative estimate of drug-likeness (QED) is 0.336. The average Bonchev–Trinajstić information content (AvgIpc) is 3.34. The Bertz CT molecular complexity index is 1340. The molecular weight excluding hydrogens is 479 g/mol. The molecule has 1 N–H and O–H groups in total. The average molecular weight is 510 g/mol. The Labute approximate surface area is 223 Å². The number of pyridine rings is 1. The molecule has 7 nitrogen and oxygen atoms in total. The first-order valence-corrected chi connectivity index (χ1v) is 12.7. The van der Waals surface area contributed by atoms with E-state index in [1.807, 2.05) is 52.0 Å². The number of carbonyl (C=O) groups excluding carboxylic acids is 2. The Morgan fingerprint density at radius 3 is 2.21 bits per heavy atom. The maximum Gasteiger partial charge on any atom is 0.492 e. The van der Waals surface area contributed by atoms with Gasteiger partial charge in [-0.15, -0.1) is 0 Å². The zero-order valence-corrected chi connectivity index (χ0v) is 22.1. The van der Waals surface area contributed by atoms with E-state index in [2.05, 4.69) is 34.6 Å². The number of aromatic nitrogens is 1. The summed E-state index contributed by atoms with van der Waals surface area (Å²) in [7, 11) is -0.699. The van der Waals surface area contributed by atoms with Crippen LogP contribution in [0.4, 0.5) is 4.79 Å². The normalized spacial score (nSPS) is 17.6. The Morgan fingerprint density at radius 1 is 1.00 bits per heavy atom. The predicted molar refractivity (Wildman–Crippen MR) is 147 cm³/mol. The van der Waals surface area contributed by atoms with Crippen molar-refractivity contribution in [3.05, 3.63) is 94.7 Å².